The van der Waals surface area contributed by atoms with Gasteiger partial charge in [0.25, 0.3) is 10.0 Å². The molecule has 0 spiro atoms. The summed E-state index contributed by atoms with van der Waals surface area (Å²) in [6, 6.07) is 0. The van der Waals surface area contributed by atoms with Gasteiger partial charge in [-0.25, -0.2) is 8.42 Å². The maximum absolute atomic E-state index is 12.3. The highest BCUT2D eigenvalue weighted by molar-refractivity contribution is 7.89. The molecule has 1 aromatic rings. The number of aromatic nitrogens is 2. The minimum Gasteiger partial charge on any atom is -0.308 e. The number of rotatable bonds is 6. The van der Waals surface area contributed by atoms with Crippen LogP contribution in [0.3, 0.4) is 0 Å². The number of aromatic amines is 1. The van der Waals surface area contributed by atoms with E-state index in [1.54, 1.807) is 14.0 Å². The maximum Gasteiger partial charge on any atom is 0.262 e. The molecule has 0 amide bonds. The molecule has 1 aromatic heterocycles. The van der Waals surface area contributed by atoms with E-state index in [-0.39, 0.29) is 10.9 Å². The molecule has 0 aliphatic carbocycles. The van der Waals surface area contributed by atoms with Crippen molar-refractivity contribution in [2.45, 2.75) is 17.8 Å². The first kappa shape index (κ1) is 15.4. The summed E-state index contributed by atoms with van der Waals surface area (Å²) in [4.78, 5) is 1.92. The van der Waals surface area contributed by atoms with Crippen LogP contribution >= 0.6 is 11.6 Å². The van der Waals surface area contributed by atoms with E-state index in [1.807, 2.05) is 19.0 Å². The number of likely N-dealkylation sites (N-methyl/N-ethyl adjacent to an activating group) is 2. The molecule has 0 atom stereocenters. The fourth-order valence-electron chi connectivity index (χ4n) is 1.41. The van der Waals surface area contributed by atoms with Crippen molar-refractivity contribution in [3.8, 4) is 0 Å². The standard InChI is InChI=1S/C10H19ClN4O2S/c1-8-9(7-11)10(13-12-8)18(16,17)15(4)6-5-14(2)3/h5-7H2,1-4H3,(H,12,13). The monoisotopic (exact) mass is 294 g/mol. The number of H-pyrrole nitrogens is 1. The van der Waals surface area contributed by atoms with Crippen molar-refractivity contribution >= 4 is 21.6 Å². The van der Waals surface area contributed by atoms with E-state index in [0.29, 0.717) is 24.3 Å². The Kier molecular flexibility index (Phi) is 5.15. The minimum absolute atomic E-state index is 0.0243. The van der Waals surface area contributed by atoms with Gasteiger partial charge in [0, 0.05) is 31.4 Å². The van der Waals surface area contributed by atoms with Crippen LogP contribution in [0.4, 0.5) is 0 Å². The Morgan fingerprint density at radius 1 is 1.28 bits per heavy atom. The Morgan fingerprint density at radius 3 is 2.39 bits per heavy atom. The van der Waals surface area contributed by atoms with Crippen LogP contribution in [0, 0.1) is 6.92 Å². The molecule has 0 aliphatic rings. The normalized spacial score (nSPS) is 12.6. The largest absolute Gasteiger partial charge is 0.308 e. The van der Waals surface area contributed by atoms with Crippen LogP contribution in [0.25, 0.3) is 0 Å². The first-order valence-electron chi connectivity index (χ1n) is 5.51. The predicted octanol–water partition coefficient (Wildman–Crippen LogP) is 0.639. The van der Waals surface area contributed by atoms with E-state index >= 15 is 0 Å². The molecule has 0 aliphatic heterocycles. The lowest BCUT2D eigenvalue weighted by molar-refractivity contribution is 0.357. The lowest BCUT2D eigenvalue weighted by atomic mass is 10.3. The number of halogens is 1. The smallest absolute Gasteiger partial charge is 0.262 e. The SMILES string of the molecule is Cc1[nH]nc(S(=O)(=O)N(C)CCN(C)C)c1CCl. The lowest BCUT2D eigenvalue weighted by Gasteiger charge is -2.18. The van der Waals surface area contributed by atoms with Gasteiger partial charge in [0.1, 0.15) is 0 Å². The molecule has 0 unspecified atom stereocenters. The summed E-state index contributed by atoms with van der Waals surface area (Å²) in [5, 5.41) is 6.54. The number of sulfonamides is 1. The van der Waals surface area contributed by atoms with Gasteiger partial charge >= 0.3 is 0 Å². The summed E-state index contributed by atoms with van der Waals surface area (Å²) >= 11 is 5.77. The zero-order chi connectivity index (χ0) is 13.9. The van der Waals surface area contributed by atoms with Crippen molar-refractivity contribution in [3.63, 3.8) is 0 Å². The van der Waals surface area contributed by atoms with E-state index in [2.05, 4.69) is 10.2 Å². The number of nitrogens with one attached hydrogen (secondary N) is 1. The van der Waals surface area contributed by atoms with Gasteiger partial charge < -0.3 is 4.90 Å². The second kappa shape index (κ2) is 6.01. The number of hydrogen-bond acceptors (Lipinski definition) is 4. The quantitative estimate of drug-likeness (QED) is 0.782. The van der Waals surface area contributed by atoms with Gasteiger partial charge in [-0.15, -0.1) is 11.6 Å². The van der Waals surface area contributed by atoms with Gasteiger partial charge in [-0.1, -0.05) is 0 Å². The molecular weight excluding hydrogens is 276 g/mol. The van der Waals surface area contributed by atoms with Crippen molar-refractivity contribution in [2.24, 2.45) is 0 Å². The zero-order valence-electron chi connectivity index (χ0n) is 11.1. The molecule has 0 bridgehead atoms. The lowest BCUT2D eigenvalue weighted by Crippen LogP contribution is -2.34. The molecule has 0 saturated heterocycles. The summed E-state index contributed by atoms with van der Waals surface area (Å²) in [6.45, 7) is 2.81. The molecular formula is C10H19ClN4O2S. The van der Waals surface area contributed by atoms with E-state index in [0.717, 1.165) is 0 Å². The Balaban J connectivity index is 2.98. The second-order valence-corrected chi connectivity index (χ2v) is 6.62. The number of nitrogens with zero attached hydrogens (tertiary/aromatic N) is 3. The molecule has 0 radical (unpaired) electrons. The predicted molar refractivity (Wildman–Crippen MR) is 71.3 cm³/mol. The summed E-state index contributed by atoms with van der Waals surface area (Å²) in [5.41, 5.74) is 1.22. The molecule has 18 heavy (non-hydrogen) atoms. The average Bonchev–Trinajstić information content (AvgIpc) is 2.67. The van der Waals surface area contributed by atoms with Gasteiger partial charge in [0.15, 0.2) is 5.03 Å². The maximum atomic E-state index is 12.3. The number of alkyl halides is 1. The summed E-state index contributed by atoms with van der Waals surface area (Å²) in [7, 11) is 1.75. The Morgan fingerprint density at radius 2 is 1.89 bits per heavy atom. The summed E-state index contributed by atoms with van der Waals surface area (Å²) < 4.78 is 25.9. The highest BCUT2D eigenvalue weighted by Gasteiger charge is 2.27. The van der Waals surface area contributed by atoms with Gasteiger partial charge in [-0.2, -0.15) is 9.40 Å². The summed E-state index contributed by atoms with van der Waals surface area (Å²) in [5.74, 6) is 0.123. The van der Waals surface area contributed by atoms with E-state index < -0.39 is 10.0 Å². The third-order valence-electron chi connectivity index (χ3n) is 2.69. The van der Waals surface area contributed by atoms with Crippen LogP contribution < -0.4 is 0 Å². The molecule has 0 aromatic carbocycles. The van der Waals surface area contributed by atoms with Crippen LogP contribution in [-0.2, 0) is 15.9 Å². The van der Waals surface area contributed by atoms with Gasteiger partial charge in [-0.05, 0) is 21.0 Å². The second-order valence-electron chi connectivity index (χ2n) is 4.40. The van der Waals surface area contributed by atoms with Crippen molar-refractivity contribution in [1.29, 1.82) is 0 Å². The molecule has 8 heteroatoms. The van der Waals surface area contributed by atoms with Crippen molar-refractivity contribution in [1.82, 2.24) is 19.4 Å². The van der Waals surface area contributed by atoms with E-state index in [1.165, 1.54) is 4.31 Å². The zero-order valence-corrected chi connectivity index (χ0v) is 12.6. The Labute approximate surface area is 113 Å². The molecule has 1 N–H and O–H groups in total. The van der Waals surface area contributed by atoms with Crippen molar-refractivity contribution < 1.29 is 8.42 Å². The van der Waals surface area contributed by atoms with Crippen LogP contribution in [0.15, 0.2) is 5.03 Å². The minimum atomic E-state index is -3.58. The average molecular weight is 295 g/mol. The van der Waals surface area contributed by atoms with Crippen LogP contribution in [0.1, 0.15) is 11.3 Å². The Bertz CT molecular complexity index is 498. The molecule has 0 fully saturated rings. The fraction of sp³-hybridized carbons (Fsp3) is 0.700. The summed E-state index contributed by atoms with van der Waals surface area (Å²) in [6.07, 6.45) is 0. The molecule has 6 nitrogen and oxygen atoms in total. The topological polar surface area (TPSA) is 69.3 Å². The first-order valence-corrected chi connectivity index (χ1v) is 7.49. The van der Waals surface area contributed by atoms with Gasteiger partial charge in [0.2, 0.25) is 0 Å². The van der Waals surface area contributed by atoms with E-state index in [9.17, 15) is 8.42 Å². The van der Waals surface area contributed by atoms with Gasteiger partial charge in [0.05, 0.1) is 5.88 Å². The van der Waals surface area contributed by atoms with Crippen LogP contribution in [0.5, 0.6) is 0 Å². The molecule has 0 saturated carbocycles. The van der Waals surface area contributed by atoms with Crippen molar-refractivity contribution in [3.05, 3.63) is 11.3 Å². The van der Waals surface area contributed by atoms with Crippen LogP contribution in [0.2, 0.25) is 0 Å². The molecule has 104 valence electrons. The van der Waals surface area contributed by atoms with Crippen molar-refractivity contribution in [2.75, 3.05) is 34.2 Å². The third-order valence-corrected chi connectivity index (χ3v) is 4.78. The molecule has 1 heterocycles. The highest BCUT2D eigenvalue weighted by Crippen LogP contribution is 2.21. The van der Waals surface area contributed by atoms with Gasteiger partial charge in [-0.3, -0.25) is 5.10 Å². The first-order chi connectivity index (χ1) is 8.30. The third kappa shape index (κ3) is 3.23. The number of hydrogen-bond donors (Lipinski definition) is 1. The van der Waals surface area contributed by atoms with Crippen LogP contribution in [-0.4, -0.2) is 62.1 Å². The Hall–Kier alpha value is -0.630. The highest BCUT2D eigenvalue weighted by atomic mass is 35.5. The number of aryl methyl sites for hydroxylation is 1. The molecule has 1 rings (SSSR count). The van der Waals surface area contributed by atoms with E-state index in [4.69, 9.17) is 11.6 Å². The fourth-order valence-corrected chi connectivity index (χ4v) is 3.13.